The molecule has 1 aliphatic heterocycles. The number of esters is 3. The Morgan fingerprint density at radius 2 is 1.15 bits per heavy atom. The van der Waals surface area contributed by atoms with Crippen LogP contribution in [-0.4, -0.2) is 55.0 Å². The number of benzene rings is 2. The number of hydrogen-bond donors (Lipinski definition) is 0. The van der Waals surface area contributed by atoms with Gasteiger partial charge in [0.05, 0.1) is 13.2 Å². The summed E-state index contributed by atoms with van der Waals surface area (Å²) >= 11 is 0. The second-order valence-corrected chi connectivity index (χ2v) is 8.13. The second-order valence-electron chi connectivity index (χ2n) is 8.13. The molecule has 0 N–H and O–H groups in total. The number of carbonyl (C=O) groups excluding carboxylic acids is 3. The van der Waals surface area contributed by atoms with Crippen LogP contribution in [0.15, 0.2) is 60.7 Å². The van der Waals surface area contributed by atoms with Gasteiger partial charge < -0.3 is 23.7 Å². The third-order valence-corrected chi connectivity index (χ3v) is 5.31. The zero-order valence-electron chi connectivity index (χ0n) is 19.5. The molecule has 2 aromatic rings. The Hall–Kier alpha value is -3.23. The van der Waals surface area contributed by atoms with Gasteiger partial charge in [-0.05, 0) is 11.1 Å². The van der Waals surface area contributed by atoms with Gasteiger partial charge in [0.2, 0.25) is 0 Å². The summed E-state index contributed by atoms with van der Waals surface area (Å²) in [5, 5.41) is 0. The van der Waals surface area contributed by atoms with Crippen molar-refractivity contribution < 1.29 is 38.1 Å². The fourth-order valence-electron chi connectivity index (χ4n) is 4.00. The molecule has 8 nitrogen and oxygen atoms in total. The fourth-order valence-corrected chi connectivity index (χ4v) is 4.00. The van der Waals surface area contributed by atoms with Crippen molar-refractivity contribution in [3.8, 4) is 0 Å². The van der Waals surface area contributed by atoms with Gasteiger partial charge in [-0.25, -0.2) is 0 Å². The molecule has 8 heteroatoms. The van der Waals surface area contributed by atoms with E-state index in [0.717, 1.165) is 11.1 Å². The van der Waals surface area contributed by atoms with Gasteiger partial charge in [0, 0.05) is 27.2 Å². The minimum Gasteiger partial charge on any atom is -0.456 e. The monoisotopic (exact) mass is 470 g/mol. The van der Waals surface area contributed by atoms with E-state index in [1.807, 2.05) is 60.7 Å². The van der Waals surface area contributed by atoms with E-state index < -0.39 is 48.4 Å². The molecule has 5 atom stereocenters. The van der Waals surface area contributed by atoms with Crippen molar-refractivity contribution >= 4 is 17.9 Å². The van der Waals surface area contributed by atoms with E-state index in [1.54, 1.807) is 0 Å². The van der Waals surface area contributed by atoms with Crippen LogP contribution in [-0.2, 0) is 51.1 Å². The lowest BCUT2D eigenvalue weighted by molar-refractivity contribution is -0.253. The molecule has 182 valence electrons. The van der Waals surface area contributed by atoms with Crippen LogP contribution in [0.5, 0.6) is 0 Å². The molecule has 1 heterocycles. The Bertz CT molecular complexity index is 946. The van der Waals surface area contributed by atoms with E-state index >= 15 is 0 Å². The molecule has 0 radical (unpaired) electrons. The van der Waals surface area contributed by atoms with Gasteiger partial charge in [-0.1, -0.05) is 60.7 Å². The van der Waals surface area contributed by atoms with Gasteiger partial charge in [-0.2, -0.15) is 0 Å². The quantitative estimate of drug-likeness (QED) is 0.408. The normalized spacial score (nSPS) is 24.1. The smallest absolute Gasteiger partial charge is 0.303 e. The molecular formula is C26H30O8. The molecule has 0 aromatic heterocycles. The third kappa shape index (κ3) is 7.40. The molecule has 0 bridgehead atoms. The first-order valence-electron chi connectivity index (χ1n) is 11.2. The van der Waals surface area contributed by atoms with Gasteiger partial charge in [0.25, 0.3) is 0 Å². The summed E-state index contributed by atoms with van der Waals surface area (Å²) < 4.78 is 28.8. The highest BCUT2D eigenvalue weighted by molar-refractivity contribution is 5.68. The Morgan fingerprint density at radius 1 is 0.676 bits per heavy atom. The summed E-state index contributed by atoms with van der Waals surface area (Å²) in [6.45, 7) is 4.16. The lowest BCUT2D eigenvalue weighted by atomic mass is 9.91. The first kappa shape index (κ1) is 25.4. The molecule has 34 heavy (non-hydrogen) atoms. The lowest BCUT2D eigenvalue weighted by Gasteiger charge is -2.44. The molecule has 1 saturated heterocycles. The Balaban J connectivity index is 1.88. The minimum atomic E-state index is -1.06. The Morgan fingerprint density at radius 3 is 1.68 bits per heavy atom. The first-order valence-corrected chi connectivity index (χ1v) is 11.2. The van der Waals surface area contributed by atoms with Crippen molar-refractivity contribution in [3.05, 3.63) is 71.8 Å². The van der Waals surface area contributed by atoms with Gasteiger partial charge in [0.15, 0.2) is 18.3 Å². The summed E-state index contributed by atoms with van der Waals surface area (Å²) in [6.07, 6.45) is -4.08. The molecular weight excluding hydrogens is 440 g/mol. The predicted octanol–water partition coefficient (Wildman–Crippen LogP) is 3.01. The maximum atomic E-state index is 12.0. The third-order valence-electron chi connectivity index (χ3n) is 5.31. The maximum absolute atomic E-state index is 12.0. The molecule has 0 saturated carbocycles. The fraction of sp³-hybridized carbons (Fsp3) is 0.423. The zero-order valence-corrected chi connectivity index (χ0v) is 19.5. The van der Waals surface area contributed by atoms with Crippen LogP contribution in [0.25, 0.3) is 0 Å². The summed E-state index contributed by atoms with van der Waals surface area (Å²) in [5.74, 6) is -1.74. The van der Waals surface area contributed by atoms with E-state index in [9.17, 15) is 14.4 Å². The average molecular weight is 471 g/mol. The lowest BCUT2D eigenvalue weighted by Crippen LogP contribution is -2.62. The largest absolute Gasteiger partial charge is 0.456 e. The highest BCUT2D eigenvalue weighted by atomic mass is 16.7. The summed E-state index contributed by atoms with van der Waals surface area (Å²) in [6, 6.07) is 19.1. The van der Waals surface area contributed by atoms with Crippen LogP contribution in [0.1, 0.15) is 31.9 Å². The SMILES string of the molecule is CC(=O)O[C@@H]1[C@@H](OC(C)=O)[C@H](Cc2ccccc2)O[C@H](COCc2ccccc2)[C@H]1OC(C)=O. The molecule has 1 aliphatic rings. The van der Waals surface area contributed by atoms with Gasteiger partial charge >= 0.3 is 17.9 Å². The summed E-state index contributed by atoms with van der Waals surface area (Å²) in [7, 11) is 0. The Kier molecular flexibility index (Phi) is 9.18. The van der Waals surface area contributed by atoms with Gasteiger partial charge in [-0.15, -0.1) is 0 Å². The number of rotatable bonds is 9. The van der Waals surface area contributed by atoms with Gasteiger partial charge in [0.1, 0.15) is 12.2 Å². The highest BCUT2D eigenvalue weighted by Crippen LogP contribution is 2.31. The van der Waals surface area contributed by atoms with Crippen molar-refractivity contribution in [3.63, 3.8) is 0 Å². The van der Waals surface area contributed by atoms with Crippen LogP contribution in [0.2, 0.25) is 0 Å². The molecule has 1 fully saturated rings. The van der Waals surface area contributed by atoms with Crippen molar-refractivity contribution in [2.45, 2.75) is 64.3 Å². The van der Waals surface area contributed by atoms with Crippen molar-refractivity contribution in [1.82, 2.24) is 0 Å². The Labute approximate surface area is 199 Å². The number of carbonyl (C=O) groups is 3. The second kappa shape index (κ2) is 12.3. The van der Waals surface area contributed by atoms with E-state index in [1.165, 1.54) is 20.8 Å². The average Bonchev–Trinajstić information content (AvgIpc) is 2.79. The molecule has 3 rings (SSSR count). The van der Waals surface area contributed by atoms with Crippen molar-refractivity contribution in [2.24, 2.45) is 0 Å². The molecule has 2 aromatic carbocycles. The van der Waals surface area contributed by atoms with E-state index in [-0.39, 0.29) is 6.61 Å². The molecule has 0 amide bonds. The standard InChI is InChI=1S/C26H30O8/c1-17(27)31-24-22(14-20-10-6-4-7-11-20)34-23(16-30-15-21-12-8-5-9-13-21)25(32-18(2)28)26(24)33-19(3)29/h4-13,22-26H,14-16H2,1-3H3/t22-,23+,24-,25+,26+/m0/s1. The van der Waals surface area contributed by atoms with Crippen LogP contribution in [0, 0.1) is 0 Å². The van der Waals surface area contributed by atoms with Crippen molar-refractivity contribution in [1.29, 1.82) is 0 Å². The van der Waals surface area contributed by atoms with Gasteiger partial charge in [-0.3, -0.25) is 14.4 Å². The molecule has 0 spiro atoms. The van der Waals surface area contributed by atoms with Crippen LogP contribution >= 0.6 is 0 Å². The van der Waals surface area contributed by atoms with Crippen LogP contribution in [0.3, 0.4) is 0 Å². The van der Waals surface area contributed by atoms with E-state index in [0.29, 0.717) is 13.0 Å². The van der Waals surface area contributed by atoms with Crippen molar-refractivity contribution in [2.75, 3.05) is 6.61 Å². The predicted molar refractivity (Wildman–Crippen MR) is 122 cm³/mol. The highest BCUT2D eigenvalue weighted by Gasteiger charge is 2.51. The first-order chi connectivity index (χ1) is 16.3. The van der Waals surface area contributed by atoms with Crippen LogP contribution in [0.4, 0.5) is 0 Å². The maximum Gasteiger partial charge on any atom is 0.303 e. The summed E-state index contributed by atoms with van der Waals surface area (Å²) in [5.41, 5.74) is 1.92. The molecule has 0 aliphatic carbocycles. The van der Waals surface area contributed by atoms with E-state index in [4.69, 9.17) is 23.7 Å². The van der Waals surface area contributed by atoms with E-state index in [2.05, 4.69) is 0 Å². The number of hydrogen-bond acceptors (Lipinski definition) is 8. The minimum absolute atomic E-state index is 0.0721. The van der Waals surface area contributed by atoms with Crippen LogP contribution < -0.4 is 0 Å². The molecule has 0 unspecified atom stereocenters. The number of ether oxygens (including phenoxy) is 5. The summed E-state index contributed by atoms with van der Waals surface area (Å²) in [4.78, 5) is 35.8. The topological polar surface area (TPSA) is 97.4 Å². The zero-order chi connectivity index (χ0) is 24.5.